The van der Waals surface area contributed by atoms with Gasteiger partial charge >= 0.3 is 0 Å². The van der Waals surface area contributed by atoms with Gasteiger partial charge in [0.2, 0.25) is 5.89 Å². The fraction of sp³-hybridized carbons (Fsp3) is 0.154. The number of rotatable bonds is 7. The molecule has 0 bridgehead atoms. The second kappa shape index (κ2) is 9.39. The Hall–Kier alpha value is -4.06. The lowest BCUT2D eigenvalue weighted by Gasteiger charge is -2.12. The van der Waals surface area contributed by atoms with Crippen LogP contribution in [0.4, 0.5) is 11.4 Å². The number of amides is 1. The van der Waals surface area contributed by atoms with Gasteiger partial charge in [0.25, 0.3) is 5.91 Å². The van der Waals surface area contributed by atoms with E-state index in [1.807, 2.05) is 98.7 Å². The van der Waals surface area contributed by atoms with Crippen LogP contribution in [0.15, 0.2) is 83.3 Å². The number of ether oxygens (including phenoxy) is 1. The van der Waals surface area contributed by atoms with Crippen molar-refractivity contribution in [2.75, 3.05) is 30.9 Å². The summed E-state index contributed by atoms with van der Waals surface area (Å²) in [5.74, 6) is 1.16. The number of nitrogens with one attached hydrogen (secondary N) is 1. The van der Waals surface area contributed by atoms with Crippen LogP contribution in [0.5, 0.6) is 5.75 Å². The molecule has 0 atom stereocenters. The van der Waals surface area contributed by atoms with Crippen LogP contribution >= 0.6 is 0 Å². The number of hydrogen-bond donors (Lipinski definition) is 1. The molecule has 4 rings (SSSR count). The van der Waals surface area contributed by atoms with E-state index in [2.05, 4.69) is 10.3 Å². The first kappa shape index (κ1) is 21.2. The van der Waals surface area contributed by atoms with E-state index in [1.54, 1.807) is 6.07 Å². The minimum absolute atomic E-state index is 0.225. The van der Waals surface area contributed by atoms with Gasteiger partial charge in [-0.25, -0.2) is 4.98 Å². The van der Waals surface area contributed by atoms with Gasteiger partial charge in [0.05, 0.1) is 6.61 Å². The molecule has 0 spiro atoms. The highest BCUT2D eigenvalue weighted by Crippen LogP contribution is 2.31. The van der Waals surface area contributed by atoms with Gasteiger partial charge in [-0.2, -0.15) is 0 Å². The third-order valence-corrected chi connectivity index (χ3v) is 4.91. The molecule has 0 radical (unpaired) electrons. The molecular weight excluding hydrogens is 402 g/mol. The SMILES string of the molecule is CCOc1cccc(NC(=O)c2nc(-c3ccccc3)oc2-c2ccc(N(C)C)cc2)c1. The average Bonchev–Trinajstić information content (AvgIpc) is 3.26. The van der Waals surface area contributed by atoms with Crippen molar-refractivity contribution in [3.05, 3.63) is 84.6 Å². The van der Waals surface area contributed by atoms with E-state index in [4.69, 9.17) is 9.15 Å². The molecule has 0 aliphatic carbocycles. The Labute approximate surface area is 187 Å². The predicted octanol–water partition coefficient (Wildman–Crippen LogP) is 5.73. The Bertz CT molecular complexity index is 1200. The summed E-state index contributed by atoms with van der Waals surface area (Å²) >= 11 is 0. The van der Waals surface area contributed by atoms with Gasteiger partial charge in [-0.3, -0.25) is 4.79 Å². The molecule has 0 aliphatic heterocycles. The maximum absolute atomic E-state index is 13.2. The molecule has 0 saturated heterocycles. The zero-order valence-electron chi connectivity index (χ0n) is 18.3. The number of carbonyl (C=O) groups is 1. The molecule has 1 N–H and O–H groups in total. The predicted molar refractivity (Wildman–Crippen MR) is 127 cm³/mol. The molecule has 6 heteroatoms. The molecule has 1 heterocycles. The van der Waals surface area contributed by atoms with E-state index in [0.717, 1.165) is 16.8 Å². The van der Waals surface area contributed by atoms with Gasteiger partial charge < -0.3 is 19.4 Å². The van der Waals surface area contributed by atoms with E-state index in [0.29, 0.717) is 29.7 Å². The Balaban J connectivity index is 1.71. The van der Waals surface area contributed by atoms with E-state index < -0.39 is 0 Å². The quantitative estimate of drug-likeness (QED) is 0.408. The first-order valence-corrected chi connectivity index (χ1v) is 10.4. The largest absolute Gasteiger partial charge is 0.494 e. The second-order valence-corrected chi connectivity index (χ2v) is 7.42. The topological polar surface area (TPSA) is 67.6 Å². The number of benzene rings is 3. The molecule has 0 saturated carbocycles. The van der Waals surface area contributed by atoms with Crippen molar-refractivity contribution in [2.24, 2.45) is 0 Å². The lowest BCUT2D eigenvalue weighted by atomic mass is 10.1. The number of hydrogen-bond acceptors (Lipinski definition) is 5. The molecule has 0 unspecified atom stereocenters. The van der Waals surface area contributed by atoms with Gasteiger partial charge in [-0.15, -0.1) is 0 Å². The van der Waals surface area contributed by atoms with Gasteiger partial charge in [-0.05, 0) is 55.5 Å². The molecule has 162 valence electrons. The van der Waals surface area contributed by atoms with Crippen LogP contribution in [0.25, 0.3) is 22.8 Å². The van der Waals surface area contributed by atoms with Crippen LogP contribution in [-0.2, 0) is 0 Å². The highest BCUT2D eigenvalue weighted by Gasteiger charge is 2.22. The molecule has 0 aliphatic rings. The molecule has 4 aromatic rings. The standard InChI is InChI=1S/C26H25N3O3/c1-4-31-22-12-8-11-20(17-22)27-25(30)23-24(18-13-15-21(16-14-18)29(2)3)32-26(28-23)19-9-6-5-7-10-19/h5-17H,4H2,1-3H3,(H,27,30). The van der Waals surface area contributed by atoms with E-state index in [-0.39, 0.29) is 11.6 Å². The molecule has 3 aromatic carbocycles. The van der Waals surface area contributed by atoms with Crippen molar-refractivity contribution >= 4 is 17.3 Å². The highest BCUT2D eigenvalue weighted by molar-refractivity contribution is 6.07. The first-order chi connectivity index (χ1) is 15.5. The summed E-state index contributed by atoms with van der Waals surface area (Å²) in [6.45, 7) is 2.47. The Kier molecular flexibility index (Phi) is 6.22. The van der Waals surface area contributed by atoms with Crippen molar-refractivity contribution in [3.63, 3.8) is 0 Å². The number of carbonyl (C=O) groups excluding carboxylic acids is 1. The van der Waals surface area contributed by atoms with Crippen molar-refractivity contribution in [2.45, 2.75) is 6.92 Å². The van der Waals surface area contributed by atoms with Crippen LogP contribution in [0.3, 0.4) is 0 Å². The van der Waals surface area contributed by atoms with E-state index >= 15 is 0 Å². The zero-order valence-corrected chi connectivity index (χ0v) is 18.3. The maximum atomic E-state index is 13.2. The van der Waals surface area contributed by atoms with Crippen molar-refractivity contribution in [1.29, 1.82) is 0 Å². The number of oxazole rings is 1. The third-order valence-electron chi connectivity index (χ3n) is 4.91. The first-order valence-electron chi connectivity index (χ1n) is 10.4. The molecule has 32 heavy (non-hydrogen) atoms. The van der Waals surface area contributed by atoms with Gasteiger partial charge in [0.15, 0.2) is 11.5 Å². The van der Waals surface area contributed by atoms with Crippen LogP contribution in [0.1, 0.15) is 17.4 Å². The second-order valence-electron chi connectivity index (χ2n) is 7.42. The fourth-order valence-electron chi connectivity index (χ4n) is 3.31. The van der Waals surface area contributed by atoms with Crippen molar-refractivity contribution < 1.29 is 13.9 Å². The van der Waals surface area contributed by atoms with Gasteiger partial charge in [-0.1, -0.05) is 24.3 Å². The average molecular weight is 428 g/mol. The molecule has 0 fully saturated rings. The molecule has 1 amide bonds. The number of anilines is 2. The summed E-state index contributed by atoms with van der Waals surface area (Å²) in [6.07, 6.45) is 0. The minimum atomic E-state index is -0.351. The normalized spacial score (nSPS) is 10.6. The van der Waals surface area contributed by atoms with Crippen LogP contribution in [0.2, 0.25) is 0 Å². The lowest BCUT2D eigenvalue weighted by Crippen LogP contribution is -2.13. The smallest absolute Gasteiger partial charge is 0.278 e. The third kappa shape index (κ3) is 4.64. The monoisotopic (exact) mass is 427 g/mol. The lowest BCUT2D eigenvalue weighted by molar-refractivity contribution is 0.102. The van der Waals surface area contributed by atoms with E-state index in [1.165, 1.54) is 0 Å². The molecule has 1 aromatic heterocycles. The summed E-state index contributed by atoms with van der Waals surface area (Å²) in [4.78, 5) is 19.8. The Morgan fingerprint density at radius 1 is 0.969 bits per heavy atom. The fourth-order valence-corrected chi connectivity index (χ4v) is 3.31. The Morgan fingerprint density at radius 2 is 1.72 bits per heavy atom. The highest BCUT2D eigenvalue weighted by atomic mass is 16.5. The van der Waals surface area contributed by atoms with Gasteiger partial charge in [0, 0.05) is 42.7 Å². The maximum Gasteiger partial charge on any atom is 0.278 e. The van der Waals surface area contributed by atoms with Crippen LogP contribution < -0.4 is 15.0 Å². The molecule has 6 nitrogen and oxygen atoms in total. The van der Waals surface area contributed by atoms with E-state index in [9.17, 15) is 4.79 Å². The zero-order chi connectivity index (χ0) is 22.5. The van der Waals surface area contributed by atoms with Gasteiger partial charge in [0.1, 0.15) is 5.75 Å². The number of nitrogens with zero attached hydrogens (tertiary/aromatic N) is 2. The Morgan fingerprint density at radius 3 is 2.41 bits per heavy atom. The summed E-state index contributed by atoms with van der Waals surface area (Å²) < 4.78 is 11.6. The summed E-state index contributed by atoms with van der Waals surface area (Å²) in [7, 11) is 3.96. The number of aromatic nitrogens is 1. The molecular formula is C26H25N3O3. The summed E-state index contributed by atoms with van der Waals surface area (Å²) in [6, 6.07) is 24.6. The van der Waals surface area contributed by atoms with Crippen molar-refractivity contribution in [1.82, 2.24) is 4.98 Å². The summed E-state index contributed by atoms with van der Waals surface area (Å²) in [5, 5.41) is 2.91. The van der Waals surface area contributed by atoms with Crippen LogP contribution in [0, 0.1) is 0 Å². The summed E-state index contributed by atoms with van der Waals surface area (Å²) in [5.41, 5.74) is 3.48. The van der Waals surface area contributed by atoms with Crippen LogP contribution in [-0.4, -0.2) is 31.6 Å². The minimum Gasteiger partial charge on any atom is -0.494 e. The van der Waals surface area contributed by atoms with Crippen molar-refractivity contribution in [3.8, 4) is 28.5 Å².